The highest BCUT2D eigenvalue weighted by Gasteiger charge is 2.22. The molecule has 2 aromatic rings. The van der Waals surface area contributed by atoms with Crippen molar-refractivity contribution in [3.05, 3.63) is 58.0 Å². The minimum Gasteiger partial charge on any atom is -0.478 e. The Morgan fingerprint density at radius 2 is 2.04 bits per heavy atom. The Morgan fingerprint density at radius 1 is 1.26 bits per heavy atom. The van der Waals surface area contributed by atoms with Gasteiger partial charge in [0.15, 0.2) is 0 Å². The van der Waals surface area contributed by atoms with Crippen LogP contribution < -0.4 is 0 Å². The third-order valence-corrected chi connectivity index (χ3v) is 4.32. The number of nitrogens with zero attached hydrogens (tertiary/aromatic N) is 1. The number of aryl methyl sites for hydroxylation is 2. The number of fused-ring (bicyclic) bond motifs is 1. The van der Waals surface area contributed by atoms with Crippen LogP contribution in [0.4, 0.5) is 0 Å². The van der Waals surface area contributed by atoms with Crippen LogP contribution in [0.15, 0.2) is 28.7 Å². The summed E-state index contributed by atoms with van der Waals surface area (Å²) in [5, 5.41) is 9.07. The first-order valence-corrected chi connectivity index (χ1v) is 7.66. The zero-order chi connectivity index (χ0) is 16.6. The highest BCUT2D eigenvalue weighted by atomic mass is 16.4. The van der Waals surface area contributed by atoms with E-state index in [-0.39, 0.29) is 18.0 Å². The number of benzene rings is 1. The minimum atomic E-state index is -1.02. The van der Waals surface area contributed by atoms with E-state index in [1.807, 2.05) is 12.1 Å². The van der Waals surface area contributed by atoms with E-state index >= 15 is 0 Å². The molecule has 23 heavy (non-hydrogen) atoms. The van der Waals surface area contributed by atoms with E-state index in [0.717, 1.165) is 30.4 Å². The van der Waals surface area contributed by atoms with Crippen molar-refractivity contribution in [1.82, 2.24) is 4.90 Å². The number of carboxylic acids is 1. The van der Waals surface area contributed by atoms with Gasteiger partial charge < -0.3 is 14.4 Å². The number of carbonyl (C=O) groups is 2. The zero-order valence-electron chi connectivity index (χ0n) is 13.3. The number of carboxylic acid groups (broad SMARTS) is 1. The molecule has 1 aromatic heterocycles. The summed E-state index contributed by atoms with van der Waals surface area (Å²) in [6.07, 6.45) is 3.05. The van der Waals surface area contributed by atoms with E-state index < -0.39 is 5.97 Å². The van der Waals surface area contributed by atoms with Gasteiger partial charge in [0, 0.05) is 12.6 Å². The van der Waals surface area contributed by atoms with Gasteiger partial charge in [-0.25, -0.2) is 4.79 Å². The summed E-state index contributed by atoms with van der Waals surface area (Å²) < 4.78 is 5.45. The molecule has 0 aliphatic heterocycles. The maximum Gasteiger partial charge on any atom is 0.339 e. The standard InChI is InChI=1S/C18H19NO4/c1-11-16(18(21)22)9-13(23-11)10-19(2)17(20)15-8-4-6-12-5-3-7-14(12)15/h4,6,8-9H,3,5,7,10H2,1-2H3,(H,21,22). The molecule has 5 nitrogen and oxygen atoms in total. The number of amides is 1. The Hall–Kier alpha value is -2.56. The summed E-state index contributed by atoms with van der Waals surface area (Å²) in [7, 11) is 1.70. The van der Waals surface area contributed by atoms with Crippen molar-refractivity contribution >= 4 is 11.9 Å². The predicted molar refractivity (Wildman–Crippen MR) is 84.7 cm³/mol. The molecule has 1 aromatic carbocycles. The molecule has 1 amide bonds. The Balaban J connectivity index is 1.80. The van der Waals surface area contributed by atoms with Gasteiger partial charge in [0.05, 0.1) is 6.54 Å². The number of aromatic carboxylic acids is 1. The van der Waals surface area contributed by atoms with Crippen LogP contribution in [-0.4, -0.2) is 28.9 Å². The van der Waals surface area contributed by atoms with Gasteiger partial charge in [0.25, 0.3) is 5.91 Å². The first kappa shape index (κ1) is 15.3. The second-order valence-corrected chi connectivity index (χ2v) is 5.95. The lowest BCUT2D eigenvalue weighted by atomic mass is 10.0. The molecule has 0 saturated heterocycles. The van der Waals surface area contributed by atoms with Gasteiger partial charge in [-0.05, 0) is 49.4 Å². The lowest BCUT2D eigenvalue weighted by Crippen LogP contribution is -2.27. The summed E-state index contributed by atoms with van der Waals surface area (Å²) in [5.74, 6) is -0.251. The Bertz CT molecular complexity index is 775. The van der Waals surface area contributed by atoms with Crippen LogP contribution in [0.2, 0.25) is 0 Å². The van der Waals surface area contributed by atoms with E-state index in [4.69, 9.17) is 9.52 Å². The molecule has 120 valence electrons. The van der Waals surface area contributed by atoms with Gasteiger partial charge in [-0.3, -0.25) is 4.79 Å². The van der Waals surface area contributed by atoms with E-state index in [0.29, 0.717) is 11.5 Å². The third kappa shape index (κ3) is 2.86. The summed E-state index contributed by atoms with van der Waals surface area (Å²) in [6.45, 7) is 1.86. The fourth-order valence-electron chi connectivity index (χ4n) is 3.17. The van der Waals surface area contributed by atoms with Crippen molar-refractivity contribution in [1.29, 1.82) is 0 Å². The fraction of sp³-hybridized carbons (Fsp3) is 0.333. The Morgan fingerprint density at radius 3 is 2.74 bits per heavy atom. The molecule has 0 radical (unpaired) electrons. The number of furan rings is 1. The average Bonchev–Trinajstić information content (AvgIpc) is 3.12. The second-order valence-electron chi connectivity index (χ2n) is 5.95. The van der Waals surface area contributed by atoms with E-state index in [1.54, 1.807) is 18.9 Å². The molecule has 0 atom stereocenters. The maximum absolute atomic E-state index is 12.7. The van der Waals surface area contributed by atoms with E-state index in [1.165, 1.54) is 11.6 Å². The monoisotopic (exact) mass is 313 g/mol. The van der Waals surface area contributed by atoms with Crippen LogP contribution in [-0.2, 0) is 19.4 Å². The van der Waals surface area contributed by atoms with Crippen molar-refractivity contribution < 1.29 is 19.1 Å². The van der Waals surface area contributed by atoms with Crippen LogP contribution in [0.3, 0.4) is 0 Å². The molecule has 0 bridgehead atoms. The zero-order valence-corrected chi connectivity index (χ0v) is 13.3. The number of hydrogen-bond acceptors (Lipinski definition) is 3. The normalized spacial score (nSPS) is 13.0. The van der Waals surface area contributed by atoms with E-state index in [2.05, 4.69) is 6.07 Å². The molecular formula is C18H19NO4. The molecule has 0 fully saturated rings. The maximum atomic E-state index is 12.7. The number of rotatable bonds is 4. The Kier molecular flexibility index (Phi) is 3.94. The lowest BCUT2D eigenvalue weighted by Gasteiger charge is -2.17. The van der Waals surface area contributed by atoms with Crippen molar-refractivity contribution in [2.45, 2.75) is 32.7 Å². The average molecular weight is 313 g/mol. The molecule has 0 unspecified atom stereocenters. The second kappa shape index (κ2) is 5.91. The highest BCUT2D eigenvalue weighted by molar-refractivity contribution is 5.96. The molecule has 3 rings (SSSR count). The largest absolute Gasteiger partial charge is 0.478 e. The van der Waals surface area contributed by atoms with Crippen LogP contribution in [0.25, 0.3) is 0 Å². The summed E-state index contributed by atoms with van der Waals surface area (Å²) in [4.78, 5) is 25.3. The van der Waals surface area contributed by atoms with Gasteiger partial charge in [0.1, 0.15) is 17.1 Å². The smallest absolute Gasteiger partial charge is 0.339 e. The molecule has 0 saturated carbocycles. The van der Waals surface area contributed by atoms with Gasteiger partial charge in [-0.1, -0.05) is 12.1 Å². The van der Waals surface area contributed by atoms with Crippen LogP contribution in [0.1, 0.15) is 49.8 Å². The van der Waals surface area contributed by atoms with E-state index in [9.17, 15) is 9.59 Å². The quantitative estimate of drug-likeness (QED) is 0.942. The number of hydrogen-bond donors (Lipinski definition) is 1. The van der Waals surface area contributed by atoms with Gasteiger partial charge in [-0.2, -0.15) is 0 Å². The molecule has 1 N–H and O–H groups in total. The van der Waals surface area contributed by atoms with Crippen molar-refractivity contribution in [2.75, 3.05) is 7.05 Å². The van der Waals surface area contributed by atoms with Crippen molar-refractivity contribution in [2.24, 2.45) is 0 Å². The topological polar surface area (TPSA) is 70.8 Å². The molecular weight excluding hydrogens is 294 g/mol. The van der Waals surface area contributed by atoms with Crippen LogP contribution in [0.5, 0.6) is 0 Å². The van der Waals surface area contributed by atoms with Crippen LogP contribution in [0, 0.1) is 6.92 Å². The summed E-state index contributed by atoms with van der Waals surface area (Å²) in [5.41, 5.74) is 3.28. The highest BCUT2D eigenvalue weighted by Crippen LogP contribution is 2.26. The summed E-state index contributed by atoms with van der Waals surface area (Å²) in [6, 6.07) is 7.34. The SMILES string of the molecule is Cc1oc(CN(C)C(=O)c2cccc3c2CCC3)cc1C(=O)O. The summed E-state index contributed by atoms with van der Waals surface area (Å²) >= 11 is 0. The van der Waals surface area contributed by atoms with Crippen molar-refractivity contribution in [3.63, 3.8) is 0 Å². The Labute approximate surface area is 134 Å². The molecule has 0 spiro atoms. The van der Waals surface area contributed by atoms with Crippen LogP contribution >= 0.6 is 0 Å². The van der Waals surface area contributed by atoms with Crippen molar-refractivity contribution in [3.8, 4) is 0 Å². The van der Waals surface area contributed by atoms with Gasteiger partial charge in [0.2, 0.25) is 0 Å². The first-order valence-electron chi connectivity index (χ1n) is 7.66. The lowest BCUT2D eigenvalue weighted by molar-refractivity contribution is 0.0694. The molecule has 5 heteroatoms. The fourth-order valence-corrected chi connectivity index (χ4v) is 3.17. The minimum absolute atomic E-state index is 0.0605. The first-order chi connectivity index (χ1) is 11.0. The van der Waals surface area contributed by atoms with Gasteiger partial charge in [-0.15, -0.1) is 0 Å². The predicted octanol–water partition coefficient (Wildman–Crippen LogP) is 3.05. The number of carbonyl (C=O) groups excluding carboxylic acids is 1. The van der Waals surface area contributed by atoms with Gasteiger partial charge >= 0.3 is 5.97 Å². The third-order valence-electron chi connectivity index (χ3n) is 4.32. The molecule has 1 aliphatic rings. The molecule has 1 heterocycles. The molecule has 1 aliphatic carbocycles.